The number of amides is 1. The van der Waals surface area contributed by atoms with Crippen LogP contribution in [0.5, 0.6) is 5.75 Å². The van der Waals surface area contributed by atoms with Crippen molar-refractivity contribution in [2.75, 3.05) is 11.9 Å². The fourth-order valence-electron chi connectivity index (χ4n) is 2.31. The molecular weight excluding hydrogens is 216 g/mol. The van der Waals surface area contributed by atoms with Crippen LogP contribution in [0.4, 0.5) is 5.69 Å². The van der Waals surface area contributed by atoms with E-state index in [1.54, 1.807) is 6.07 Å². The number of ether oxygens (including phenoxy) is 1. The number of benzene rings is 1. The maximum Gasteiger partial charge on any atom is 0.262 e. The summed E-state index contributed by atoms with van der Waals surface area (Å²) < 4.78 is 5.35. The summed E-state index contributed by atoms with van der Waals surface area (Å²) in [6, 6.07) is 3.87. The zero-order chi connectivity index (χ0) is 12.0. The van der Waals surface area contributed by atoms with Crippen LogP contribution in [0.25, 0.3) is 6.08 Å². The smallest absolute Gasteiger partial charge is 0.262 e. The summed E-state index contributed by atoms with van der Waals surface area (Å²) in [6.07, 6.45) is 2.76. The number of carbonyl (C=O) groups excluding carboxylic acids is 1. The summed E-state index contributed by atoms with van der Waals surface area (Å²) in [4.78, 5) is 11.3. The molecule has 0 fully saturated rings. The number of fused-ring (bicyclic) bond motifs is 3. The average molecular weight is 226 g/mol. The van der Waals surface area contributed by atoms with Gasteiger partial charge in [0.05, 0.1) is 17.3 Å². The van der Waals surface area contributed by atoms with Gasteiger partial charge >= 0.3 is 0 Å². The number of anilines is 1. The molecule has 1 aromatic rings. The minimum absolute atomic E-state index is 0.0169. The van der Waals surface area contributed by atoms with Gasteiger partial charge in [-0.15, -0.1) is 0 Å². The van der Waals surface area contributed by atoms with E-state index in [2.05, 4.69) is 11.4 Å². The Morgan fingerprint density at radius 1 is 1.53 bits per heavy atom. The predicted octanol–water partition coefficient (Wildman–Crippen LogP) is 1.85. The Kier molecular flexibility index (Phi) is 1.96. The van der Waals surface area contributed by atoms with E-state index >= 15 is 0 Å². The second-order valence-electron chi connectivity index (χ2n) is 4.31. The molecule has 4 heteroatoms. The van der Waals surface area contributed by atoms with Gasteiger partial charge in [0.15, 0.2) is 6.61 Å². The SMILES string of the molecule is CC1=Cc2c(C#N)cc3c(c2C1)NC(=O)CO3. The molecule has 3 rings (SSSR count). The van der Waals surface area contributed by atoms with Crippen LogP contribution >= 0.6 is 0 Å². The van der Waals surface area contributed by atoms with E-state index in [1.165, 1.54) is 5.57 Å². The van der Waals surface area contributed by atoms with Crippen molar-refractivity contribution in [1.82, 2.24) is 0 Å². The number of nitrogens with one attached hydrogen (secondary N) is 1. The number of carbonyl (C=O) groups is 1. The third-order valence-electron chi connectivity index (χ3n) is 3.03. The highest BCUT2D eigenvalue weighted by Gasteiger charge is 2.26. The highest BCUT2D eigenvalue weighted by molar-refractivity contribution is 5.98. The van der Waals surface area contributed by atoms with Gasteiger partial charge in [0.2, 0.25) is 0 Å². The third kappa shape index (κ3) is 1.40. The summed E-state index contributed by atoms with van der Waals surface area (Å²) in [5.41, 5.74) is 4.42. The Labute approximate surface area is 98.5 Å². The van der Waals surface area contributed by atoms with Crippen molar-refractivity contribution in [1.29, 1.82) is 5.26 Å². The van der Waals surface area contributed by atoms with Gasteiger partial charge in [-0.05, 0) is 24.5 Å². The molecule has 0 saturated heterocycles. The summed E-state index contributed by atoms with van der Waals surface area (Å²) in [5, 5.41) is 11.9. The van der Waals surface area contributed by atoms with Crippen molar-refractivity contribution in [3.8, 4) is 11.8 Å². The topological polar surface area (TPSA) is 62.1 Å². The molecule has 1 heterocycles. The minimum atomic E-state index is -0.144. The van der Waals surface area contributed by atoms with Crippen molar-refractivity contribution in [3.63, 3.8) is 0 Å². The van der Waals surface area contributed by atoms with Gasteiger partial charge in [-0.25, -0.2) is 0 Å². The molecule has 1 aliphatic carbocycles. The second kappa shape index (κ2) is 3.36. The minimum Gasteiger partial charge on any atom is -0.482 e. The van der Waals surface area contributed by atoms with E-state index in [0.29, 0.717) is 11.3 Å². The first-order valence-corrected chi connectivity index (χ1v) is 5.39. The number of rotatable bonds is 0. The molecule has 0 bridgehead atoms. The molecule has 1 N–H and O–H groups in total. The van der Waals surface area contributed by atoms with E-state index in [1.807, 2.05) is 13.0 Å². The fraction of sp³-hybridized carbons (Fsp3) is 0.231. The van der Waals surface area contributed by atoms with Crippen molar-refractivity contribution in [3.05, 3.63) is 28.3 Å². The van der Waals surface area contributed by atoms with Crippen molar-refractivity contribution in [2.45, 2.75) is 13.3 Å². The molecule has 84 valence electrons. The summed E-state index contributed by atoms with van der Waals surface area (Å²) in [6.45, 7) is 2.03. The van der Waals surface area contributed by atoms with Gasteiger partial charge in [-0.1, -0.05) is 11.6 Å². The molecule has 0 spiro atoms. The van der Waals surface area contributed by atoms with Crippen LogP contribution in [0.3, 0.4) is 0 Å². The van der Waals surface area contributed by atoms with E-state index in [9.17, 15) is 4.79 Å². The van der Waals surface area contributed by atoms with Gasteiger partial charge in [-0.3, -0.25) is 4.79 Å². The maximum atomic E-state index is 11.3. The Morgan fingerprint density at radius 2 is 2.35 bits per heavy atom. The quantitative estimate of drug-likeness (QED) is 0.734. The van der Waals surface area contributed by atoms with Crippen molar-refractivity contribution < 1.29 is 9.53 Å². The van der Waals surface area contributed by atoms with E-state index in [-0.39, 0.29) is 12.5 Å². The lowest BCUT2D eigenvalue weighted by molar-refractivity contribution is -0.118. The standard InChI is InChI=1S/C13H10N2O2/c1-7-2-9-8(5-14)4-11-13(10(9)3-7)15-12(16)6-17-11/h2,4H,3,6H2,1H3,(H,15,16). The van der Waals surface area contributed by atoms with Crippen molar-refractivity contribution >= 4 is 17.7 Å². The zero-order valence-electron chi connectivity index (χ0n) is 9.33. The van der Waals surface area contributed by atoms with Gasteiger partial charge in [0, 0.05) is 6.07 Å². The number of nitriles is 1. The van der Waals surface area contributed by atoms with Crippen LogP contribution in [-0.2, 0) is 11.2 Å². The molecule has 4 nitrogen and oxygen atoms in total. The largest absolute Gasteiger partial charge is 0.482 e. The first-order chi connectivity index (χ1) is 8.19. The number of allylic oxidation sites excluding steroid dienone is 1. The van der Waals surface area contributed by atoms with Crippen LogP contribution < -0.4 is 10.1 Å². The van der Waals surface area contributed by atoms with Crippen LogP contribution in [0.1, 0.15) is 23.6 Å². The Balaban J connectivity index is 2.25. The molecule has 2 aliphatic rings. The monoisotopic (exact) mass is 226 g/mol. The summed E-state index contributed by atoms with van der Waals surface area (Å²) >= 11 is 0. The van der Waals surface area contributed by atoms with Crippen LogP contribution in [-0.4, -0.2) is 12.5 Å². The first kappa shape index (κ1) is 9.91. The Bertz CT molecular complexity index is 609. The Morgan fingerprint density at radius 3 is 3.12 bits per heavy atom. The molecular formula is C13H10N2O2. The molecule has 1 amide bonds. The zero-order valence-corrected chi connectivity index (χ0v) is 9.33. The maximum absolute atomic E-state index is 11.3. The molecule has 0 radical (unpaired) electrons. The van der Waals surface area contributed by atoms with E-state index < -0.39 is 0 Å². The van der Waals surface area contributed by atoms with Gasteiger partial charge in [-0.2, -0.15) is 5.26 Å². The van der Waals surface area contributed by atoms with Gasteiger partial charge in [0.25, 0.3) is 5.91 Å². The molecule has 1 aromatic carbocycles. The van der Waals surface area contributed by atoms with Gasteiger partial charge in [0.1, 0.15) is 5.75 Å². The summed E-state index contributed by atoms with van der Waals surface area (Å²) in [7, 11) is 0. The highest BCUT2D eigenvalue weighted by Crippen LogP contribution is 2.41. The number of nitrogens with zero attached hydrogens (tertiary/aromatic N) is 1. The normalized spacial score (nSPS) is 16.2. The average Bonchev–Trinajstić information content (AvgIpc) is 2.70. The second-order valence-corrected chi connectivity index (χ2v) is 4.31. The fourth-order valence-corrected chi connectivity index (χ4v) is 2.31. The van der Waals surface area contributed by atoms with Crippen LogP contribution in [0.15, 0.2) is 11.6 Å². The highest BCUT2D eigenvalue weighted by atomic mass is 16.5. The summed E-state index contributed by atoms with van der Waals surface area (Å²) in [5.74, 6) is 0.456. The lowest BCUT2D eigenvalue weighted by atomic mass is 10.00. The lowest BCUT2D eigenvalue weighted by Gasteiger charge is -2.21. The van der Waals surface area contributed by atoms with Crippen LogP contribution in [0.2, 0.25) is 0 Å². The number of hydrogen-bond acceptors (Lipinski definition) is 3. The molecule has 0 saturated carbocycles. The molecule has 1 aliphatic heterocycles. The number of hydrogen-bond donors (Lipinski definition) is 1. The van der Waals surface area contributed by atoms with Crippen LogP contribution in [0, 0.1) is 11.3 Å². The first-order valence-electron chi connectivity index (χ1n) is 5.39. The molecule has 17 heavy (non-hydrogen) atoms. The molecule has 0 atom stereocenters. The lowest BCUT2D eigenvalue weighted by Crippen LogP contribution is -2.26. The third-order valence-corrected chi connectivity index (χ3v) is 3.03. The van der Waals surface area contributed by atoms with Crippen molar-refractivity contribution in [2.24, 2.45) is 0 Å². The Hall–Kier alpha value is -2.28. The van der Waals surface area contributed by atoms with E-state index in [4.69, 9.17) is 10.00 Å². The van der Waals surface area contributed by atoms with E-state index in [0.717, 1.165) is 23.2 Å². The molecule has 0 aromatic heterocycles. The molecule has 0 unspecified atom stereocenters. The van der Waals surface area contributed by atoms with Gasteiger partial charge < -0.3 is 10.1 Å². The predicted molar refractivity (Wildman–Crippen MR) is 62.6 cm³/mol.